The highest BCUT2D eigenvalue weighted by Crippen LogP contribution is 2.26. The topological polar surface area (TPSA) is 885 Å². The lowest BCUT2D eigenvalue weighted by Crippen LogP contribution is -2.50. The number of hydrazine groups is 1. The molecule has 1 aromatic carbocycles. The Labute approximate surface area is 728 Å². The van der Waals surface area contributed by atoms with Crippen LogP contribution >= 0.6 is 21.6 Å². The van der Waals surface area contributed by atoms with E-state index in [-0.39, 0.29) is 47.3 Å². The molecule has 0 aliphatic carbocycles. The van der Waals surface area contributed by atoms with Crippen molar-refractivity contribution in [2.45, 2.75) is 207 Å². The lowest BCUT2D eigenvalue weighted by Gasteiger charge is -2.26. The highest BCUT2D eigenvalue weighted by Gasteiger charge is 2.39. The van der Waals surface area contributed by atoms with Crippen molar-refractivity contribution in [3.05, 3.63) is 52.1 Å². The van der Waals surface area contributed by atoms with Crippen molar-refractivity contribution < 1.29 is 178 Å². The van der Waals surface area contributed by atoms with Gasteiger partial charge in [0.1, 0.15) is 79.4 Å². The molecule has 52 nitrogen and oxygen atoms in total. The molecule has 710 valence electrons. The van der Waals surface area contributed by atoms with Crippen molar-refractivity contribution >= 4 is 139 Å². The minimum atomic E-state index is -2.24. The van der Waals surface area contributed by atoms with Crippen LogP contribution in [0.15, 0.2) is 35.3 Å². The molecule has 19 atom stereocenters. The Hall–Kier alpha value is -10.9. The number of carboxylic acids is 4. The number of aromatic amines is 1. The molecule has 0 saturated carbocycles. The molecular formula is C73H109N15O37S2. The fourth-order valence-corrected chi connectivity index (χ4v) is 13.5. The monoisotopic (exact) mass is 1850 g/mol. The summed E-state index contributed by atoms with van der Waals surface area (Å²) in [4.78, 5) is 241. The van der Waals surface area contributed by atoms with Gasteiger partial charge in [0.15, 0.2) is 22.7 Å². The molecule has 54 heteroatoms. The van der Waals surface area contributed by atoms with Gasteiger partial charge < -0.3 is 150 Å². The van der Waals surface area contributed by atoms with Crippen LogP contribution < -0.4 is 64.7 Å². The van der Waals surface area contributed by atoms with Crippen LogP contribution in [-0.2, 0) is 78.4 Å². The third-order valence-corrected chi connectivity index (χ3v) is 21.3. The first-order chi connectivity index (χ1) is 59.8. The number of ether oxygens (including phenoxy) is 1. The number of aromatic nitrogens is 4. The van der Waals surface area contributed by atoms with Crippen LogP contribution in [0.2, 0.25) is 0 Å². The number of H-pyrrole nitrogens is 1. The Morgan fingerprint density at radius 2 is 0.890 bits per heavy atom. The Balaban J connectivity index is 2.09. The Morgan fingerprint density at radius 1 is 0.480 bits per heavy atom. The van der Waals surface area contributed by atoms with E-state index in [0.29, 0.717) is 5.69 Å². The molecule has 0 radical (unpaired) electrons. The number of amides is 9. The maximum absolute atomic E-state index is 14.9. The first-order valence-corrected chi connectivity index (χ1v) is 41.6. The number of Topliss-reactive ketones (excluding diaryl/α,β-unsaturated/α-hetero) is 3. The predicted molar refractivity (Wildman–Crippen MR) is 434 cm³/mol. The van der Waals surface area contributed by atoms with Crippen LogP contribution in [0, 0.1) is 17.8 Å². The fraction of sp³-hybridized carbons (Fsp3) is 0.616. The van der Waals surface area contributed by atoms with Crippen molar-refractivity contribution in [1.29, 1.82) is 0 Å². The number of anilines is 2. The Bertz CT molecular complexity index is 4240. The number of rotatable bonds is 63. The number of carbonyl (C=O) groups is 16. The number of nitrogens with one attached hydrogen (secondary N) is 11. The van der Waals surface area contributed by atoms with Crippen LogP contribution in [0.5, 0.6) is 0 Å². The van der Waals surface area contributed by atoms with Crippen LogP contribution in [0.1, 0.15) is 119 Å². The quantitative estimate of drug-likeness (QED) is 0.0142. The second kappa shape index (κ2) is 57.0. The number of aliphatic hydroxyl groups excluding tert-OH is 15. The predicted octanol–water partition coefficient (Wildman–Crippen LogP) is -11.0. The van der Waals surface area contributed by atoms with Crippen LogP contribution in [-0.4, -0.2) is 367 Å². The van der Waals surface area contributed by atoms with Gasteiger partial charge in [-0.2, -0.15) is 4.98 Å². The number of aliphatic carboxylic acids is 4. The van der Waals surface area contributed by atoms with Crippen LogP contribution in [0.4, 0.5) is 16.4 Å². The standard InChI is InChI=1S/C73H109N15O37S2/c1-32(92)87-88-73(124)125-18-19-126-127-31-43(71(122)123)84-68(118)36(6-15-54(104)78-27-48(98)60(111)63(114)51(101)30-91)22-45(95)41(12-17-56(107)108)82-67(117)35(5-14-53(103)77-26-47(97)59(110)62(113)50(100)29-90)21-44(94)40(11-16-55(105)106)81-66(116)34(4-13-52(102)76-25-46(96)58(109)61(112)49(99)28-89)20-39(93)9-10-42(70(120)121)83-65(115)33-2-7-37(8-3-33)75-23-38-24-79-64-57(80-38)69(119)86-72(74)85-64/h2-3,7-8,24,34-36,40-43,46-51,58-63,75,89-91,96-101,109-114H,4-6,9-23,25-31H2,1H3,(H,76,102)(H,77,103)(H,78,104)(H,81,116)(H,82,117)(H,83,115)(H,84,118)(H,87,92)(H,88,124)(H,105,106)(H,107,108)(H,120,121)(H,122,123)(H3,74,79,85,86,119)/t34-,35-,36-,40-,41-,42-,43-,46+,47+,48+,49-,50-,51-,58-,59-,60-,61-,62-,63-/m1/s1. The van der Waals surface area contributed by atoms with E-state index >= 15 is 0 Å². The van der Waals surface area contributed by atoms with E-state index in [0.717, 1.165) is 28.5 Å². The summed E-state index contributed by atoms with van der Waals surface area (Å²) in [5.74, 6) is -25.4. The van der Waals surface area contributed by atoms with E-state index in [1.165, 1.54) is 30.5 Å². The zero-order valence-corrected chi connectivity index (χ0v) is 69.7. The first-order valence-electron chi connectivity index (χ1n) is 39.1. The van der Waals surface area contributed by atoms with Crippen LogP contribution in [0.25, 0.3) is 11.2 Å². The number of fused-ring (bicyclic) bond motifs is 1. The summed E-state index contributed by atoms with van der Waals surface area (Å²) in [6.07, 6.45) is -38.4. The molecular weight excluding hydrogens is 1740 g/mol. The van der Waals surface area contributed by atoms with Gasteiger partial charge in [-0.1, -0.05) is 21.6 Å². The lowest BCUT2D eigenvalue weighted by atomic mass is 9.89. The van der Waals surface area contributed by atoms with Gasteiger partial charge in [0.25, 0.3) is 11.5 Å². The number of nitrogens with zero attached hydrogens (tertiary/aromatic N) is 3. The molecule has 3 aromatic rings. The number of hydrogen-bond donors (Lipinski definition) is 31. The summed E-state index contributed by atoms with van der Waals surface area (Å²) in [7, 11) is 1.73. The summed E-state index contributed by atoms with van der Waals surface area (Å²) >= 11 is 0. The molecule has 9 amide bonds. The number of carbonyl (C=O) groups excluding carboxylic acids is 12. The summed E-state index contributed by atoms with van der Waals surface area (Å²) in [5.41, 5.74) is 9.29. The zero-order chi connectivity index (χ0) is 95.5. The largest absolute Gasteiger partial charge is 0.481 e. The van der Waals surface area contributed by atoms with Crippen molar-refractivity contribution in [3.8, 4) is 0 Å². The van der Waals surface area contributed by atoms with Gasteiger partial charge in [-0.3, -0.25) is 77.5 Å². The van der Waals surface area contributed by atoms with Crippen molar-refractivity contribution in [1.82, 2.24) is 68.0 Å². The normalized spacial score (nSPS) is 15.9. The molecule has 0 unspecified atom stereocenters. The maximum Gasteiger partial charge on any atom is 0.426 e. The molecule has 0 bridgehead atoms. The van der Waals surface area contributed by atoms with Gasteiger partial charge in [0, 0.05) is 125 Å². The second-order valence-electron chi connectivity index (χ2n) is 28.9. The molecule has 3 rings (SSSR count). The molecule has 32 N–H and O–H groups in total. The molecule has 0 saturated heterocycles. The van der Waals surface area contributed by atoms with E-state index in [2.05, 4.69) is 62.5 Å². The van der Waals surface area contributed by atoms with Crippen molar-refractivity contribution in [3.63, 3.8) is 0 Å². The van der Waals surface area contributed by atoms with Crippen molar-refractivity contribution in [2.24, 2.45) is 17.8 Å². The van der Waals surface area contributed by atoms with Gasteiger partial charge in [-0.05, 0) is 62.8 Å². The highest BCUT2D eigenvalue weighted by atomic mass is 33.1. The number of nitrogen functional groups attached to an aromatic ring is 1. The van der Waals surface area contributed by atoms with Gasteiger partial charge in [-0.25, -0.2) is 29.8 Å². The molecule has 2 heterocycles. The minimum absolute atomic E-state index is 0.00214. The minimum Gasteiger partial charge on any atom is -0.481 e. The number of nitrogens with two attached hydrogens (primary N) is 1. The van der Waals surface area contributed by atoms with E-state index in [1.807, 2.05) is 10.9 Å². The lowest BCUT2D eigenvalue weighted by molar-refractivity contribution is -0.142. The third kappa shape index (κ3) is 40.7. The maximum atomic E-state index is 14.9. The molecule has 0 fully saturated rings. The molecule has 2 aromatic heterocycles. The number of carboxylic acid groups (broad SMARTS) is 4. The molecule has 127 heavy (non-hydrogen) atoms. The average molecular weight is 1850 g/mol. The van der Waals surface area contributed by atoms with Gasteiger partial charge in [0.05, 0.1) is 68.7 Å². The van der Waals surface area contributed by atoms with E-state index < -0.39 is 357 Å². The Morgan fingerprint density at radius 3 is 1.30 bits per heavy atom. The van der Waals surface area contributed by atoms with Gasteiger partial charge >= 0.3 is 30.0 Å². The van der Waals surface area contributed by atoms with E-state index in [9.17, 15) is 179 Å². The fourth-order valence-electron chi connectivity index (χ4n) is 11.5. The van der Waals surface area contributed by atoms with Gasteiger partial charge in [-0.15, -0.1) is 0 Å². The van der Waals surface area contributed by atoms with E-state index in [4.69, 9.17) is 10.5 Å². The van der Waals surface area contributed by atoms with Crippen molar-refractivity contribution in [2.75, 3.05) is 68.6 Å². The first kappa shape index (κ1) is 110. The number of benzene rings is 1. The molecule has 0 spiro atoms. The smallest absolute Gasteiger partial charge is 0.426 e. The number of aliphatic hydroxyl groups is 15. The summed E-state index contributed by atoms with van der Waals surface area (Å²) in [5, 5.41) is 209. The Kier molecular flexibility index (Phi) is 49.5. The second-order valence-corrected chi connectivity index (χ2v) is 31.5. The number of ketones is 3. The SMILES string of the molecule is CC(=O)NNC(=O)OCCSSC[C@@H](NC(=O)[C@H](CCC(=O)NC[C@H](O)[C@@H](O)[C@H](O)[C@H](O)CO)CC(=O)[C@@H](CCC(=O)O)NC(=O)[C@H](CCC(=O)NC[C@H](O)[C@@H](O)[C@H](O)[C@H](O)CO)CC(=O)[C@@H](CCC(=O)O)NC(=O)[C@H](CCC(=O)NC[C@H](O)[C@@H](O)[C@H](O)[C@H](O)CO)CC(=O)CC[C@@H](NC(=O)c1ccc(NCc2cnc3nc(N)[nH]c(=O)c3n2)cc1)C(=O)O)C(=O)O. The number of hydrogen-bond acceptors (Lipinski definition) is 40. The summed E-state index contributed by atoms with van der Waals surface area (Å²) in [6, 6.07) is -2.40. The zero-order valence-electron chi connectivity index (χ0n) is 68.1. The summed E-state index contributed by atoms with van der Waals surface area (Å²) in [6.45, 7) is -5.18. The molecule has 0 aliphatic rings. The molecule has 0 aliphatic heterocycles. The summed E-state index contributed by atoms with van der Waals surface area (Å²) < 4.78 is 4.87. The van der Waals surface area contributed by atoms with Gasteiger partial charge in [0.2, 0.25) is 47.3 Å². The highest BCUT2D eigenvalue weighted by molar-refractivity contribution is 8.76. The van der Waals surface area contributed by atoms with E-state index in [1.54, 1.807) is 0 Å². The third-order valence-electron chi connectivity index (χ3n) is 18.9. The average Bonchev–Trinajstić information content (AvgIpc) is 0.808. The van der Waals surface area contributed by atoms with Crippen LogP contribution in [0.3, 0.4) is 0 Å².